The van der Waals surface area contributed by atoms with E-state index in [1.165, 1.54) is 6.07 Å². The van der Waals surface area contributed by atoms with E-state index in [9.17, 15) is 4.79 Å². The zero-order valence-corrected chi connectivity index (χ0v) is 10.9. The van der Waals surface area contributed by atoms with Gasteiger partial charge in [0.15, 0.2) is 0 Å². The second kappa shape index (κ2) is 6.06. The largest absolute Gasteiger partial charge is 0.478 e. The number of terminal acetylenes is 1. The number of aromatic nitrogens is 1. The lowest BCUT2D eigenvalue weighted by molar-refractivity contribution is 0.0696. The Morgan fingerprint density at radius 2 is 2.22 bits per heavy atom. The first-order valence-corrected chi connectivity index (χ1v) is 5.94. The first kappa shape index (κ1) is 14.0. The molecule has 2 N–H and O–H groups in total. The van der Waals surface area contributed by atoms with Gasteiger partial charge in [-0.1, -0.05) is 26.7 Å². The van der Waals surface area contributed by atoms with Crippen LogP contribution < -0.4 is 5.32 Å². The lowest BCUT2D eigenvalue weighted by Gasteiger charge is -2.18. The normalized spacial score (nSPS) is 11.9. The maximum Gasteiger partial charge on any atom is 0.335 e. The highest BCUT2D eigenvalue weighted by atomic mass is 16.4. The van der Waals surface area contributed by atoms with Crippen molar-refractivity contribution in [3.63, 3.8) is 0 Å². The zero-order valence-electron chi connectivity index (χ0n) is 10.9. The van der Waals surface area contributed by atoms with Gasteiger partial charge in [0.1, 0.15) is 5.82 Å². The van der Waals surface area contributed by atoms with Crippen LogP contribution in [0.3, 0.4) is 0 Å². The molecule has 0 bridgehead atoms. The van der Waals surface area contributed by atoms with Crippen LogP contribution in [0.1, 0.15) is 36.8 Å². The van der Waals surface area contributed by atoms with Crippen LogP contribution in [0.5, 0.6) is 0 Å². The van der Waals surface area contributed by atoms with E-state index in [1.807, 2.05) is 20.8 Å². The average Bonchev–Trinajstić information content (AvgIpc) is 2.34. The molecule has 18 heavy (non-hydrogen) atoms. The molecule has 4 heteroatoms. The SMILES string of the molecule is C#CC(Nc1cc(C(=O)O)cc(CC)n1)C(C)C. The number of aryl methyl sites for hydroxylation is 1. The van der Waals surface area contributed by atoms with Gasteiger partial charge in [-0.2, -0.15) is 0 Å². The van der Waals surface area contributed by atoms with Crippen LogP contribution in [0, 0.1) is 18.3 Å². The summed E-state index contributed by atoms with van der Waals surface area (Å²) in [6, 6.07) is 2.92. The highest BCUT2D eigenvalue weighted by Crippen LogP contribution is 2.14. The summed E-state index contributed by atoms with van der Waals surface area (Å²) in [6.07, 6.45) is 6.11. The van der Waals surface area contributed by atoms with Gasteiger partial charge in [0.05, 0.1) is 11.6 Å². The summed E-state index contributed by atoms with van der Waals surface area (Å²) in [5.41, 5.74) is 0.959. The fourth-order valence-corrected chi connectivity index (χ4v) is 1.53. The number of pyridine rings is 1. The van der Waals surface area contributed by atoms with E-state index in [0.29, 0.717) is 12.2 Å². The van der Waals surface area contributed by atoms with Crippen molar-refractivity contribution in [2.45, 2.75) is 33.2 Å². The van der Waals surface area contributed by atoms with Crippen molar-refractivity contribution >= 4 is 11.8 Å². The van der Waals surface area contributed by atoms with E-state index < -0.39 is 5.97 Å². The predicted molar refractivity (Wildman–Crippen MR) is 71.7 cm³/mol. The molecule has 0 aliphatic carbocycles. The Labute approximate surface area is 107 Å². The van der Waals surface area contributed by atoms with E-state index in [2.05, 4.69) is 16.2 Å². The Bertz CT molecular complexity index is 475. The molecule has 0 saturated heterocycles. The number of carboxylic acids is 1. The van der Waals surface area contributed by atoms with Crippen LogP contribution in [0.2, 0.25) is 0 Å². The van der Waals surface area contributed by atoms with Gasteiger partial charge in [-0.05, 0) is 24.5 Å². The summed E-state index contributed by atoms with van der Waals surface area (Å²) in [7, 11) is 0. The molecule has 4 nitrogen and oxygen atoms in total. The maximum absolute atomic E-state index is 11.0. The maximum atomic E-state index is 11.0. The number of nitrogens with zero attached hydrogens (tertiary/aromatic N) is 1. The van der Waals surface area contributed by atoms with Gasteiger partial charge >= 0.3 is 5.97 Å². The molecule has 1 heterocycles. The van der Waals surface area contributed by atoms with Crippen molar-refractivity contribution in [2.75, 3.05) is 5.32 Å². The number of rotatable bonds is 5. The summed E-state index contributed by atoms with van der Waals surface area (Å²) in [4.78, 5) is 15.3. The zero-order chi connectivity index (χ0) is 13.7. The van der Waals surface area contributed by atoms with Crippen molar-refractivity contribution < 1.29 is 9.90 Å². The lowest BCUT2D eigenvalue weighted by Crippen LogP contribution is -2.24. The Morgan fingerprint density at radius 3 is 2.67 bits per heavy atom. The first-order valence-electron chi connectivity index (χ1n) is 5.94. The van der Waals surface area contributed by atoms with E-state index in [0.717, 1.165) is 5.69 Å². The van der Waals surface area contributed by atoms with Crippen molar-refractivity contribution in [3.8, 4) is 12.3 Å². The molecular formula is C14H18N2O2. The van der Waals surface area contributed by atoms with Crippen LogP contribution in [0.15, 0.2) is 12.1 Å². The number of hydrogen-bond acceptors (Lipinski definition) is 3. The van der Waals surface area contributed by atoms with Crippen molar-refractivity contribution in [3.05, 3.63) is 23.4 Å². The number of carboxylic acid groups (broad SMARTS) is 1. The molecular weight excluding hydrogens is 228 g/mol. The van der Waals surface area contributed by atoms with Crippen LogP contribution in [-0.2, 0) is 6.42 Å². The predicted octanol–water partition coefficient (Wildman–Crippen LogP) is 2.41. The standard InChI is InChI=1S/C14H18N2O2/c1-5-11-7-10(14(17)18)8-13(15-11)16-12(6-2)9(3)4/h2,7-9,12H,5H2,1,3-4H3,(H,15,16)(H,17,18). The van der Waals surface area contributed by atoms with Gasteiger partial charge in [0, 0.05) is 5.69 Å². The molecule has 1 aromatic rings. The third-order valence-corrected chi connectivity index (χ3v) is 2.64. The van der Waals surface area contributed by atoms with Gasteiger partial charge in [0.2, 0.25) is 0 Å². The van der Waals surface area contributed by atoms with Crippen LogP contribution in [-0.4, -0.2) is 22.1 Å². The van der Waals surface area contributed by atoms with Crippen LogP contribution in [0.25, 0.3) is 0 Å². The minimum Gasteiger partial charge on any atom is -0.478 e. The minimum absolute atomic E-state index is 0.161. The summed E-state index contributed by atoms with van der Waals surface area (Å²) in [5, 5.41) is 12.1. The molecule has 0 spiro atoms. The Balaban J connectivity index is 3.05. The molecule has 1 rings (SSSR count). The smallest absolute Gasteiger partial charge is 0.335 e. The first-order chi connectivity index (χ1) is 8.47. The van der Waals surface area contributed by atoms with Gasteiger partial charge in [-0.25, -0.2) is 9.78 Å². The Kier molecular flexibility index (Phi) is 4.73. The molecule has 0 saturated carbocycles. The molecule has 96 valence electrons. The molecule has 0 aromatic carbocycles. The van der Waals surface area contributed by atoms with Gasteiger partial charge < -0.3 is 10.4 Å². The fourth-order valence-electron chi connectivity index (χ4n) is 1.53. The van der Waals surface area contributed by atoms with Gasteiger partial charge in [-0.15, -0.1) is 6.42 Å². The van der Waals surface area contributed by atoms with E-state index in [4.69, 9.17) is 11.5 Å². The van der Waals surface area contributed by atoms with Crippen LogP contribution >= 0.6 is 0 Å². The fraction of sp³-hybridized carbons (Fsp3) is 0.429. The van der Waals surface area contributed by atoms with Gasteiger partial charge in [-0.3, -0.25) is 0 Å². The third kappa shape index (κ3) is 3.49. The highest BCUT2D eigenvalue weighted by molar-refractivity contribution is 5.88. The minimum atomic E-state index is -0.961. The monoisotopic (exact) mass is 246 g/mol. The Hall–Kier alpha value is -2.02. The lowest BCUT2D eigenvalue weighted by atomic mass is 10.1. The number of nitrogens with one attached hydrogen (secondary N) is 1. The van der Waals surface area contributed by atoms with Crippen LogP contribution in [0.4, 0.5) is 5.82 Å². The number of hydrogen-bond donors (Lipinski definition) is 2. The number of aromatic carboxylic acids is 1. The van der Waals surface area contributed by atoms with E-state index in [1.54, 1.807) is 6.07 Å². The van der Waals surface area contributed by atoms with Gasteiger partial charge in [0.25, 0.3) is 0 Å². The Morgan fingerprint density at radius 1 is 1.56 bits per heavy atom. The summed E-state index contributed by atoms with van der Waals surface area (Å²) in [6.45, 7) is 5.93. The van der Waals surface area contributed by atoms with E-state index >= 15 is 0 Å². The highest BCUT2D eigenvalue weighted by Gasteiger charge is 2.13. The average molecular weight is 246 g/mol. The molecule has 0 aliphatic heterocycles. The quantitative estimate of drug-likeness (QED) is 0.783. The second-order valence-electron chi connectivity index (χ2n) is 4.42. The molecule has 0 amide bonds. The molecule has 0 aliphatic rings. The summed E-state index contributed by atoms with van der Waals surface area (Å²) in [5.74, 6) is 2.44. The van der Waals surface area contributed by atoms with Crippen molar-refractivity contribution in [2.24, 2.45) is 5.92 Å². The third-order valence-electron chi connectivity index (χ3n) is 2.64. The van der Waals surface area contributed by atoms with E-state index in [-0.39, 0.29) is 17.5 Å². The number of anilines is 1. The van der Waals surface area contributed by atoms with Crippen molar-refractivity contribution in [1.29, 1.82) is 0 Å². The summed E-state index contributed by atoms with van der Waals surface area (Å²) >= 11 is 0. The molecule has 1 unspecified atom stereocenters. The van der Waals surface area contributed by atoms with Crippen molar-refractivity contribution in [1.82, 2.24) is 4.98 Å². The summed E-state index contributed by atoms with van der Waals surface area (Å²) < 4.78 is 0. The molecule has 0 radical (unpaired) electrons. The topological polar surface area (TPSA) is 62.2 Å². The number of carbonyl (C=O) groups is 1. The second-order valence-corrected chi connectivity index (χ2v) is 4.42. The molecule has 1 aromatic heterocycles. The molecule has 1 atom stereocenters. The molecule has 0 fully saturated rings.